The molecule has 4 rings (SSSR count). The van der Waals surface area contributed by atoms with Crippen molar-refractivity contribution in [3.05, 3.63) is 53.1 Å². The minimum atomic E-state index is -0.300. The lowest BCUT2D eigenvalue weighted by atomic mass is 10.0. The van der Waals surface area contributed by atoms with Gasteiger partial charge in [0.05, 0.1) is 12.2 Å². The number of aromatic nitrogens is 3. The first-order valence-corrected chi connectivity index (χ1v) is 8.56. The van der Waals surface area contributed by atoms with Gasteiger partial charge >= 0.3 is 0 Å². The minimum absolute atomic E-state index is 0.0393. The van der Waals surface area contributed by atoms with Crippen LogP contribution in [-0.2, 0) is 0 Å². The first kappa shape index (κ1) is 16.6. The molecule has 134 valence electrons. The van der Waals surface area contributed by atoms with E-state index in [4.69, 9.17) is 23.1 Å². The summed E-state index contributed by atoms with van der Waals surface area (Å²) in [4.78, 5) is 10.8. The highest BCUT2D eigenvalue weighted by Gasteiger charge is 2.29. The fourth-order valence-electron chi connectivity index (χ4n) is 3.36. The van der Waals surface area contributed by atoms with E-state index in [0.29, 0.717) is 16.4 Å². The first-order chi connectivity index (χ1) is 12.5. The van der Waals surface area contributed by atoms with Crippen molar-refractivity contribution >= 4 is 34.7 Å². The molecule has 9 heteroatoms. The van der Waals surface area contributed by atoms with Gasteiger partial charge in [-0.25, -0.2) is 18.9 Å². The van der Waals surface area contributed by atoms with E-state index in [-0.39, 0.29) is 17.8 Å². The topological polar surface area (TPSA) is 97.8 Å². The highest BCUT2D eigenvalue weighted by atomic mass is 35.5. The van der Waals surface area contributed by atoms with Crippen LogP contribution in [0.2, 0.25) is 5.02 Å². The Balaban J connectivity index is 1.76. The van der Waals surface area contributed by atoms with E-state index in [1.54, 1.807) is 23.0 Å². The standard InChI is InChI=1S/C17H17ClFN7/c18-12-4-3-10(19)8-11(12)14-2-1-6-25(14)15-5-7-26-16(24-15)13(9-22-26)23-17(20)21/h3-5,7-9,14H,1-2,6H2,(H4,20,21,23). The van der Waals surface area contributed by atoms with Crippen molar-refractivity contribution in [1.29, 1.82) is 0 Å². The molecule has 1 aliphatic rings. The van der Waals surface area contributed by atoms with Crippen molar-refractivity contribution in [3.8, 4) is 0 Å². The van der Waals surface area contributed by atoms with Crippen molar-refractivity contribution in [1.82, 2.24) is 14.6 Å². The number of aliphatic imine (C=N–C) groups is 1. The van der Waals surface area contributed by atoms with Crippen LogP contribution in [0.15, 0.2) is 41.7 Å². The van der Waals surface area contributed by atoms with Crippen LogP contribution in [0.4, 0.5) is 15.9 Å². The molecule has 26 heavy (non-hydrogen) atoms. The van der Waals surface area contributed by atoms with Gasteiger partial charge in [-0.1, -0.05) is 11.6 Å². The molecule has 1 atom stereocenters. The molecule has 0 amide bonds. The summed E-state index contributed by atoms with van der Waals surface area (Å²) in [5.74, 6) is 0.385. The number of benzene rings is 1. The Labute approximate surface area is 154 Å². The molecule has 0 saturated carbocycles. The molecule has 1 unspecified atom stereocenters. The molecule has 1 aromatic carbocycles. The van der Waals surface area contributed by atoms with Gasteiger partial charge in [-0.05, 0) is 42.7 Å². The molecule has 1 saturated heterocycles. The zero-order valence-electron chi connectivity index (χ0n) is 13.8. The number of fused-ring (bicyclic) bond motifs is 1. The van der Waals surface area contributed by atoms with Gasteiger partial charge in [0.2, 0.25) is 0 Å². The maximum atomic E-state index is 13.7. The van der Waals surface area contributed by atoms with Crippen LogP contribution in [0.25, 0.3) is 5.65 Å². The number of rotatable bonds is 3. The fraction of sp³-hybridized carbons (Fsp3) is 0.235. The van der Waals surface area contributed by atoms with E-state index >= 15 is 0 Å². The Morgan fingerprint density at radius 2 is 2.15 bits per heavy atom. The Bertz CT molecular complexity index is 996. The fourth-order valence-corrected chi connectivity index (χ4v) is 3.60. The minimum Gasteiger partial charge on any atom is -0.370 e. The third-order valence-electron chi connectivity index (χ3n) is 4.45. The van der Waals surface area contributed by atoms with Crippen molar-refractivity contribution in [3.63, 3.8) is 0 Å². The third kappa shape index (κ3) is 2.92. The highest BCUT2D eigenvalue weighted by Crippen LogP contribution is 2.38. The lowest BCUT2D eigenvalue weighted by Crippen LogP contribution is -2.24. The molecule has 3 aromatic rings. The number of anilines is 1. The van der Waals surface area contributed by atoms with Crippen LogP contribution in [0.1, 0.15) is 24.4 Å². The van der Waals surface area contributed by atoms with Gasteiger partial charge in [0.1, 0.15) is 17.3 Å². The van der Waals surface area contributed by atoms with E-state index in [1.807, 2.05) is 6.07 Å². The van der Waals surface area contributed by atoms with Gasteiger partial charge in [0.25, 0.3) is 0 Å². The summed E-state index contributed by atoms with van der Waals surface area (Å²) in [7, 11) is 0. The lowest BCUT2D eigenvalue weighted by Gasteiger charge is -2.26. The molecule has 2 aromatic heterocycles. The molecule has 0 spiro atoms. The Kier molecular flexibility index (Phi) is 4.12. The smallest absolute Gasteiger partial charge is 0.191 e. The van der Waals surface area contributed by atoms with Gasteiger partial charge in [0.15, 0.2) is 11.6 Å². The third-order valence-corrected chi connectivity index (χ3v) is 4.79. The molecule has 1 fully saturated rings. The highest BCUT2D eigenvalue weighted by molar-refractivity contribution is 6.31. The first-order valence-electron chi connectivity index (χ1n) is 8.18. The van der Waals surface area contributed by atoms with Crippen LogP contribution >= 0.6 is 11.6 Å². The maximum Gasteiger partial charge on any atom is 0.191 e. The summed E-state index contributed by atoms with van der Waals surface area (Å²) in [6.45, 7) is 0.798. The van der Waals surface area contributed by atoms with Crippen LogP contribution < -0.4 is 16.4 Å². The maximum absolute atomic E-state index is 13.7. The predicted octanol–water partition coefficient (Wildman–Crippen LogP) is 2.77. The van der Waals surface area contributed by atoms with Gasteiger partial charge < -0.3 is 16.4 Å². The van der Waals surface area contributed by atoms with Crippen molar-refractivity contribution in [2.45, 2.75) is 18.9 Å². The Morgan fingerprint density at radius 3 is 2.96 bits per heavy atom. The van der Waals surface area contributed by atoms with E-state index in [9.17, 15) is 4.39 Å². The summed E-state index contributed by atoms with van der Waals surface area (Å²) >= 11 is 6.32. The van der Waals surface area contributed by atoms with Gasteiger partial charge in [-0.15, -0.1) is 0 Å². The second-order valence-electron chi connectivity index (χ2n) is 6.14. The summed E-state index contributed by atoms with van der Waals surface area (Å²) in [6, 6.07) is 6.27. The largest absolute Gasteiger partial charge is 0.370 e. The van der Waals surface area contributed by atoms with Gasteiger partial charge in [-0.2, -0.15) is 5.10 Å². The van der Waals surface area contributed by atoms with Crippen molar-refractivity contribution in [2.75, 3.05) is 11.4 Å². The number of nitrogens with two attached hydrogens (primary N) is 2. The molecule has 7 nitrogen and oxygen atoms in total. The normalized spacial score (nSPS) is 17.0. The van der Waals surface area contributed by atoms with Gasteiger partial charge in [-0.3, -0.25) is 0 Å². The van der Waals surface area contributed by atoms with Crippen LogP contribution in [0.3, 0.4) is 0 Å². The number of halogens is 2. The average molecular weight is 374 g/mol. The van der Waals surface area contributed by atoms with E-state index in [1.165, 1.54) is 12.1 Å². The SMILES string of the molecule is NC(N)=Nc1cnn2ccc(N3CCCC3c3cc(F)ccc3Cl)nc12. The molecule has 4 N–H and O–H groups in total. The van der Waals surface area contributed by atoms with Gasteiger partial charge in [0, 0.05) is 17.8 Å². The zero-order valence-corrected chi connectivity index (χ0v) is 14.6. The molecule has 3 heterocycles. The lowest BCUT2D eigenvalue weighted by molar-refractivity contribution is 0.618. The molecular formula is C17H17ClFN7. The molecule has 0 radical (unpaired) electrons. The second-order valence-corrected chi connectivity index (χ2v) is 6.54. The number of hydrogen-bond donors (Lipinski definition) is 2. The summed E-state index contributed by atoms with van der Waals surface area (Å²) < 4.78 is 15.3. The molecule has 0 aliphatic carbocycles. The van der Waals surface area contributed by atoms with E-state index in [0.717, 1.165) is 30.8 Å². The van der Waals surface area contributed by atoms with Crippen LogP contribution in [0, 0.1) is 5.82 Å². The monoisotopic (exact) mass is 373 g/mol. The van der Waals surface area contributed by atoms with Crippen molar-refractivity contribution < 1.29 is 4.39 Å². The number of guanidine groups is 1. The van der Waals surface area contributed by atoms with E-state index in [2.05, 4.69) is 20.0 Å². The second kappa shape index (κ2) is 6.45. The zero-order chi connectivity index (χ0) is 18.3. The van der Waals surface area contributed by atoms with E-state index < -0.39 is 0 Å². The molecular weight excluding hydrogens is 357 g/mol. The molecule has 1 aliphatic heterocycles. The Morgan fingerprint density at radius 1 is 1.31 bits per heavy atom. The summed E-state index contributed by atoms with van der Waals surface area (Å²) in [5.41, 5.74) is 12.7. The summed E-state index contributed by atoms with van der Waals surface area (Å²) in [5, 5.41) is 4.74. The molecule has 0 bridgehead atoms. The Hall–Kier alpha value is -2.87. The quantitative estimate of drug-likeness (QED) is 0.543. The average Bonchev–Trinajstić information content (AvgIpc) is 3.23. The summed E-state index contributed by atoms with van der Waals surface area (Å²) in [6.07, 6.45) is 5.18. The van der Waals surface area contributed by atoms with Crippen LogP contribution in [0.5, 0.6) is 0 Å². The number of hydrogen-bond acceptors (Lipinski definition) is 4. The van der Waals surface area contributed by atoms with Crippen molar-refractivity contribution in [2.24, 2.45) is 16.5 Å². The number of nitrogens with zero attached hydrogens (tertiary/aromatic N) is 5. The van der Waals surface area contributed by atoms with Crippen LogP contribution in [-0.4, -0.2) is 27.1 Å². The predicted molar refractivity (Wildman–Crippen MR) is 99.2 cm³/mol.